The topological polar surface area (TPSA) is 78.9 Å². The Morgan fingerprint density at radius 1 is 1.56 bits per heavy atom. The van der Waals surface area contributed by atoms with Gasteiger partial charge in [-0.15, -0.1) is 0 Å². The van der Waals surface area contributed by atoms with Crippen LogP contribution in [0.25, 0.3) is 0 Å². The van der Waals surface area contributed by atoms with Crippen molar-refractivity contribution in [2.75, 3.05) is 5.32 Å². The van der Waals surface area contributed by atoms with Gasteiger partial charge in [-0.05, 0) is 25.1 Å². The predicted octanol–water partition coefficient (Wildman–Crippen LogP) is 1.52. The molecule has 3 N–H and O–H groups in total. The lowest BCUT2D eigenvalue weighted by molar-refractivity contribution is -0.114. The third-order valence-electron chi connectivity index (χ3n) is 1.89. The third kappa shape index (κ3) is 2.82. The normalized spacial score (nSPS) is 11.3. The van der Waals surface area contributed by atoms with Crippen LogP contribution in [0.15, 0.2) is 35.5 Å². The van der Waals surface area contributed by atoms with Crippen LogP contribution in [0, 0.1) is 17.1 Å². The van der Waals surface area contributed by atoms with Gasteiger partial charge in [0.15, 0.2) is 0 Å². The fourth-order valence-electron chi connectivity index (χ4n) is 1.17. The van der Waals surface area contributed by atoms with Crippen LogP contribution in [-0.4, -0.2) is 5.91 Å². The van der Waals surface area contributed by atoms with Gasteiger partial charge in [-0.25, -0.2) is 4.39 Å². The summed E-state index contributed by atoms with van der Waals surface area (Å²) in [5, 5.41) is 11.4. The molecular formula is C11H10FN3O. The minimum absolute atomic E-state index is 0.177. The number of hydrogen-bond donors (Lipinski definition) is 2. The maximum absolute atomic E-state index is 12.8. The van der Waals surface area contributed by atoms with E-state index in [0.717, 1.165) is 0 Å². The minimum Gasteiger partial charge on any atom is -0.365 e. The summed E-state index contributed by atoms with van der Waals surface area (Å²) in [6, 6.07) is 7.36. The molecule has 0 fully saturated rings. The Bertz CT molecular complexity index is 488. The van der Waals surface area contributed by atoms with E-state index in [0.29, 0.717) is 11.4 Å². The molecule has 0 radical (unpaired) electrons. The number of primary amides is 1. The molecule has 5 heteroatoms. The van der Waals surface area contributed by atoms with Crippen LogP contribution in [0.1, 0.15) is 6.92 Å². The minimum atomic E-state index is -0.816. The molecule has 0 aliphatic carbocycles. The molecule has 1 aromatic rings. The highest BCUT2D eigenvalue weighted by molar-refractivity contribution is 5.97. The molecule has 0 heterocycles. The molecule has 0 aliphatic heterocycles. The molecule has 82 valence electrons. The number of halogens is 1. The molecule has 0 atom stereocenters. The Balaban J connectivity index is 2.98. The zero-order chi connectivity index (χ0) is 12.1. The van der Waals surface area contributed by atoms with Gasteiger partial charge in [-0.1, -0.05) is 6.07 Å². The van der Waals surface area contributed by atoms with Gasteiger partial charge in [0.05, 0.1) is 0 Å². The van der Waals surface area contributed by atoms with Crippen molar-refractivity contribution in [2.45, 2.75) is 6.92 Å². The fourth-order valence-corrected chi connectivity index (χ4v) is 1.17. The van der Waals surface area contributed by atoms with Crippen LogP contribution >= 0.6 is 0 Å². The summed E-state index contributed by atoms with van der Waals surface area (Å²) in [5.41, 5.74) is 5.56. The van der Waals surface area contributed by atoms with E-state index in [2.05, 4.69) is 5.32 Å². The zero-order valence-corrected chi connectivity index (χ0v) is 8.62. The Labute approximate surface area is 92.2 Å². The van der Waals surface area contributed by atoms with Crippen LogP contribution in [0.2, 0.25) is 0 Å². The number of benzene rings is 1. The highest BCUT2D eigenvalue weighted by Crippen LogP contribution is 2.13. The second-order valence-electron chi connectivity index (χ2n) is 3.11. The van der Waals surface area contributed by atoms with Crippen LogP contribution in [0.4, 0.5) is 10.1 Å². The van der Waals surface area contributed by atoms with E-state index >= 15 is 0 Å². The Hall–Kier alpha value is -2.35. The summed E-state index contributed by atoms with van der Waals surface area (Å²) in [4.78, 5) is 10.9. The van der Waals surface area contributed by atoms with Crippen molar-refractivity contribution in [2.24, 2.45) is 5.73 Å². The van der Waals surface area contributed by atoms with Crippen LogP contribution < -0.4 is 11.1 Å². The van der Waals surface area contributed by atoms with Gasteiger partial charge in [0.1, 0.15) is 17.5 Å². The first kappa shape index (κ1) is 11.7. The van der Waals surface area contributed by atoms with Crippen molar-refractivity contribution in [1.29, 1.82) is 5.26 Å². The first-order chi connectivity index (χ1) is 7.54. The Morgan fingerprint density at radius 3 is 2.75 bits per heavy atom. The lowest BCUT2D eigenvalue weighted by Crippen LogP contribution is -2.16. The first-order valence-corrected chi connectivity index (χ1v) is 4.48. The molecule has 0 spiro atoms. The molecule has 0 saturated heterocycles. The molecule has 0 unspecified atom stereocenters. The summed E-state index contributed by atoms with van der Waals surface area (Å²) in [6.45, 7) is 1.52. The summed E-state index contributed by atoms with van der Waals surface area (Å²) in [6.07, 6.45) is 0. The van der Waals surface area contributed by atoms with Crippen LogP contribution in [0.5, 0.6) is 0 Å². The van der Waals surface area contributed by atoms with Crippen molar-refractivity contribution in [3.05, 3.63) is 41.4 Å². The number of amides is 1. The lowest BCUT2D eigenvalue weighted by atomic mass is 10.2. The molecule has 0 aliphatic rings. The van der Waals surface area contributed by atoms with E-state index in [1.165, 1.54) is 25.1 Å². The van der Waals surface area contributed by atoms with E-state index < -0.39 is 11.7 Å². The van der Waals surface area contributed by atoms with Gasteiger partial charge >= 0.3 is 0 Å². The number of carbonyl (C=O) groups is 1. The smallest absolute Gasteiger partial charge is 0.261 e. The van der Waals surface area contributed by atoms with E-state index in [-0.39, 0.29) is 5.57 Å². The number of anilines is 1. The number of carbonyl (C=O) groups excluding carboxylic acids is 1. The molecule has 16 heavy (non-hydrogen) atoms. The number of rotatable bonds is 3. The van der Waals surface area contributed by atoms with Crippen molar-refractivity contribution >= 4 is 11.6 Å². The van der Waals surface area contributed by atoms with E-state index in [9.17, 15) is 9.18 Å². The van der Waals surface area contributed by atoms with Gasteiger partial charge < -0.3 is 11.1 Å². The number of hydrogen-bond acceptors (Lipinski definition) is 3. The average molecular weight is 219 g/mol. The molecule has 0 aromatic heterocycles. The summed E-state index contributed by atoms with van der Waals surface area (Å²) < 4.78 is 12.8. The summed E-state index contributed by atoms with van der Waals surface area (Å²) in [5.74, 6) is -1.22. The predicted molar refractivity (Wildman–Crippen MR) is 57.5 cm³/mol. The average Bonchev–Trinajstić information content (AvgIpc) is 2.17. The van der Waals surface area contributed by atoms with Crippen LogP contribution in [-0.2, 0) is 4.79 Å². The van der Waals surface area contributed by atoms with E-state index in [1.54, 1.807) is 12.1 Å². The largest absolute Gasteiger partial charge is 0.365 e. The molecule has 0 saturated carbocycles. The standard InChI is InChI=1S/C11H10FN3O/c1-7(10(6-13)11(14)16)15-9-4-2-3-8(12)5-9/h2-5,15H,1H3,(H2,14,16)/b10-7+. The molecule has 1 amide bonds. The highest BCUT2D eigenvalue weighted by atomic mass is 19.1. The van der Waals surface area contributed by atoms with Crippen molar-refractivity contribution < 1.29 is 9.18 Å². The number of nitrogens with one attached hydrogen (secondary N) is 1. The number of nitrogens with two attached hydrogens (primary N) is 1. The van der Waals surface area contributed by atoms with Gasteiger partial charge in [-0.2, -0.15) is 5.26 Å². The fraction of sp³-hybridized carbons (Fsp3) is 0.0909. The number of nitriles is 1. The lowest BCUT2D eigenvalue weighted by Gasteiger charge is -2.07. The second-order valence-corrected chi connectivity index (χ2v) is 3.11. The first-order valence-electron chi connectivity index (χ1n) is 4.48. The molecule has 4 nitrogen and oxygen atoms in total. The number of nitrogens with zero attached hydrogens (tertiary/aromatic N) is 1. The Kier molecular flexibility index (Phi) is 3.62. The number of allylic oxidation sites excluding steroid dienone is 1. The zero-order valence-electron chi connectivity index (χ0n) is 8.62. The molecule has 1 aromatic carbocycles. The van der Waals surface area contributed by atoms with Gasteiger partial charge in [-0.3, -0.25) is 4.79 Å². The van der Waals surface area contributed by atoms with Crippen LogP contribution in [0.3, 0.4) is 0 Å². The van der Waals surface area contributed by atoms with E-state index in [4.69, 9.17) is 11.0 Å². The monoisotopic (exact) mass is 219 g/mol. The third-order valence-corrected chi connectivity index (χ3v) is 1.89. The SMILES string of the molecule is C/C(Nc1cccc(F)c1)=C(/C#N)C(N)=O. The van der Waals surface area contributed by atoms with Gasteiger partial charge in [0.25, 0.3) is 5.91 Å². The van der Waals surface area contributed by atoms with Crippen molar-refractivity contribution in [3.8, 4) is 6.07 Å². The van der Waals surface area contributed by atoms with Gasteiger partial charge in [0.2, 0.25) is 0 Å². The second kappa shape index (κ2) is 4.94. The highest BCUT2D eigenvalue weighted by Gasteiger charge is 2.08. The maximum atomic E-state index is 12.8. The quantitative estimate of drug-likeness (QED) is 0.597. The summed E-state index contributed by atoms with van der Waals surface area (Å²) in [7, 11) is 0. The van der Waals surface area contributed by atoms with Crippen molar-refractivity contribution in [1.82, 2.24) is 0 Å². The molecular weight excluding hydrogens is 209 g/mol. The maximum Gasteiger partial charge on any atom is 0.261 e. The Morgan fingerprint density at radius 2 is 2.25 bits per heavy atom. The molecule has 0 bridgehead atoms. The van der Waals surface area contributed by atoms with E-state index in [1.807, 2.05) is 0 Å². The summed E-state index contributed by atoms with van der Waals surface area (Å²) >= 11 is 0. The van der Waals surface area contributed by atoms with Crippen molar-refractivity contribution in [3.63, 3.8) is 0 Å². The molecule has 1 rings (SSSR count). The van der Waals surface area contributed by atoms with Gasteiger partial charge in [0, 0.05) is 11.4 Å².